The van der Waals surface area contributed by atoms with Gasteiger partial charge in [-0.15, -0.1) is 0 Å². The van der Waals surface area contributed by atoms with Crippen LogP contribution < -0.4 is 16.2 Å². The molecule has 0 aliphatic carbocycles. The Morgan fingerprint density at radius 2 is 1.96 bits per heavy atom. The number of amides is 1. The maximum atomic E-state index is 13.3. The molecule has 1 aliphatic rings. The van der Waals surface area contributed by atoms with Crippen LogP contribution in [0.4, 0.5) is 13.2 Å². The number of carbonyl (C=O) groups excluding carboxylic acids is 1. The fourth-order valence-electron chi connectivity index (χ4n) is 2.86. The van der Waals surface area contributed by atoms with Gasteiger partial charge in [0.1, 0.15) is 11.6 Å². The summed E-state index contributed by atoms with van der Waals surface area (Å²) in [5.74, 6) is -0.793. The highest BCUT2D eigenvalue weighted by atomic mass is 19.4. The van der Waals surface area contributed by atoms with Crippen molar-refractivity contribution in [2.45, 2.75) is 26.1 Å². The number of aryl methyl sites for hydroxylation is 2. The van der Waals surface area contributed by atoms with Crippen molar-refractivity contribution in [3.63, 3.8) is 0 Å². The molecule has 1 atom stereocenters. The standard InChI is InChI=1S/C15H21F3N4O2/c1-9-7-10(2)21-14(24)12(9)13(23)20-8-11(15(16,17)18)22-5-3-19-4-6-22/h7,11,19H,3-6,8H2,1-2H3,(H,20,23)(H,21,24). The van der Waals surface area contributed by atoms with Crippen molar-refractivity contribution in [2.24, 2.45) is 0 Å². The lowest BCUT2D eigenvalue weighted by Crippen LogP contribution is -2.57. The molecule has 0 aromatic carbocycles. The fourth-order valence-corrected chi connectivity index (χ4v) is 2.86. The summed E-state index contributed by atoms with van der Waals surface area (Å²) in [4.78, 5) is 27.8. The average Bonchev–Trinajstić information content (AvgIpc) is 2.46. The molecule has 9 heteroatoms. The van der Waals surface area contributed by atoms with Crippen molar-refractivity contribution >= 4 is 5.91 Å². The van der Waals surface area contributed by atoms with E-state index in [9.17, 15) is 22.8 Å². The summed E-state index contributed by atoms with van der Waals surface area (Å²) >= 11 is 0. The van der Waals surface area contributed by atoms with Crippen LogP contribution in [0.3, 0.4) is 0 Å². The molecule has 24 heavy (non-hydrogen) atoms. The normalized spacial score (nSPS) is 17.5. The van der Waals surface area contributed by atoms with Crippen molar-refractivity contribution in [3.05, 3.63) is 33.2 Å². The first-order valence-corrected chi connectivity index (χ1v) is 7.70. The van der Waals surface area contributed by atoms with Gasteiger partial charge in [-0.25, -0.2) is 0 Å². The van der Waals surface area contributed by atoms with E-state index in [1.54, 1.807) is 19.9 Å². The molecule has 0 saturated carbocycles. The molecule has 3 N–H and O–H groups in total. The molecule has 6 nitrogen and oxygen atoms in total. The Hall–Kier alpha value is -1.87. The van der Waals surface area contributed by atoms with Crippen LogP contribution in [0, 0.1) is 13.8 Å². The molecule has 1 aliphatic heterocycles. The number of H-pyrrole nitrogens is 1. The van der Waals surface area contributed by atoms with Crippen molar-refractivity contribution in [1.29, 1.82) is 0 Å². The number of hydrogen-bond donors (Lipinski definition) is 3. The van der Waals surface area contributed by atoms with Crippen LogP contribution >= 0.6 is 0 Å². The van der Waals surface area contributed by atoms with Gasteiger partial charge < -0.3 is 15.6 Å². The minimum Gasteiger partial charge on any atom is -0.350 e. The van der Waals surface area contributed by atoms with Gasteiger partial charge in [0.2, 0.25) is 0 Å². The molecule has 1 saturated heterocycles. The summed E-state index contributed by atoms with van der Waals surface area (Å²) in [5.41, 5.74) is 0.264. The smallest absolute Gasteiger partial charge is 0.350 e. The number of aromatic nitrogens is 1. The van der Waals surface area contributed by atoms with Gasteiger partial charge in [0.15, 0.2) is 0 Å². The summed E-state index contributed by atoms with van der Waals surface area (Å²) in [6.45, 7) is 4.10. The Morgan fingerprint density at radius 3 is 2.50 bits per heavy atom. The highest BCUT2D eigenvalue weighted by molar-refractivity contribution is 5.95. The Bertz CT molecular complexity index is 651. The summed E-state index contributed by atoms with van der Waals surface area (Å²) < 4.78 is 39.9. The number of piperazine rings is 1. The van der Waals surface area contributed by atoms with Crippen LogP contribution in [-0.2, 0) is 0 Å². The van der Waals surface area contributed by atoms with E-state index >= 15 is 0 Å². The second-order valence-electron chi connectivity index (χ2n) is 5.89. The molecular weight excluding hydrogens is 325 g/mol. The van der Waals surface area contributed by atoms with Crippen LogP contribution in [0.15, 0.2) is 10.9 Å². The summed E-state index contributed by atoms with van der Waals surface area (Å²) in [6.07, 6.45) is -4.46. The third-order valence-corrected chi connectivity index (χ3v) is 4.02. The van der Waals surface area contributed by atoms with Crippen molar-refractivity contribution in [2.75, 3.05) is 32.7 Å². The molecule has 2 rings (SSSR count). The maximum Gasteiger partial charge on any atom is 0.405 e. The van der Waals surface area contributed by atoms with E-state index in [1.165, 1.54) is 4.90 Å². The topological polar surface area (TPSA) is 77.2 Å². The Balaban J connectivity index is 2.11. The lowest BCUT2D eigenvalue weighted by molar-refractivity contribution is -0.183. The minimum atomic E-state index is -4.46. The zero-order chi connectivity index (χ0) is 17.9. The molecule has 1 fully saturated rings. The van der Waals surface area contributed by atoms with Gasteiger partial charge in [0, 0.05) is 38.4 Å². The molecule has 0 radical (unpaired) electrons. The third kappa shape index (κ3) is 4.35. The second-order valence-corrected chi connectivity index (χ2v) is 5.89. The number of hydrogen-bond acceptors (Lipinski definition) is 4. The molecule has 0 spiro atoms. The molecule has 1 aromatic heterocycles. The highest BCUT2D eigenvalue weighted by Crippen LogP contribution is 2.24. The first kappa shape index (κ1) is 18.5. The molecule has 2 heterocycles. The van der Waals surface area contributed by atoms with Crippen molar-refractivity contribution in [3.8, 4) is 0 Å². The number of nitrogens with zero attached hydrogens (tertiary/aromatic N) is 1. The van der Waals surface area contributed by atoms with E-state index in [0.29, 0.717) is 24.3 Å². The molecule has 1 unspecified atom stereocenters. The van der Waals surface area contributed by atoms with Crippen molar-refractivity contribution in [1.82, 2.24) is 20.5 Å². The lowest BCUT2D eigenvalue weighted by atomic mass is 10.1. The molecular formula is C15H21F3N4O2. The van der Waals surface area contributed by atoms with Crippen LogP contribution in [0.25, 0.3) is 0 Å². The summed E-state index contributed by atoms with van der Waals surface area (Å²) in [7, 11) is 0. The van der Waals surface area contributed by atoms with E-state index in [4.69, 9.17) is 0 Å². The number of pyridine rings is 1. The van der Waals surface area contributed by atoms with Crippen LogP contribution in [0.2, 0.25) is 0 Å². The van der Waals surface area contributed by atoms with Gasteiger partial charge in [-0.3, -0.25) is 14.5 Å². The molecule has 134 valence electrons. The van der Waals surface area contributed by atoms with Crippen LogP contribution in [0.5, 0.6) is 0 Å². The zero-order valence-corrected chi connectivity index (χ0v) is 13.6. The van der Waals surface area contributed by atoms with Crippen molar-refractivity contribution < 1.29 is 18.0 Å². The van der Waals surface area contributed by atoms with Crippen LogP contribution in [-0.4, -0.2) is 60.7 Å². The quantitative estimate of drug-likeness (QED) is 0.745. The number of nitrogens with one attached hydrogen (secondary N) is 3. The van der Waals surface area contributed by atoms with E-state index < -0.39 is 30.2 Å². The Kier molecular flexibility index (Phi) is 5.66. The largest absolute Gasteiger partial charge is 0.405 e. The second kappa shape index (κ2) is 7.35. The summed E-state index contributed by atoms with van der Waals surface area (Å²) in [6, 6.07) is -0.165. The maximum absolute atomic E-state index is 13.3. The minimum absolute atomic E-state index is 0.151. The molecule has 1 aromatic rings. The Morgan fingerprint density at radius 1 is 1.33 bits per heavy atom. The predicted molar refractivity (Wildman–Crippen MR) is 83.2 cm³/mol. The monoisotopic (exact) mass is 346 g/mol. The van der Waals surface area contributed by atoms with E-state index in [-0.39, 0.29) is 18.7 Å². The van der Waals surface area contributed by atoms with Gasteiger partial charge in [0.05, 0.1) is 0 Å². The van der Waals surface area contributed by atoms with Gasteiger partial charge in [-0.2, -0.15) is 13.2 Å². The lowest BCUT2D eigenvalue weighted by Gasteiger charge is -2.35. The predicted octanol–water partition coefficient (Wildman–Crippen LogP) is 0.558. The molecule has 0 bridgehead atoms. The van der Waals surface area contributed by atoms with Gasteiger partial charge >= 0.3 is 6.18 Å². The average molecular weight is 346 g/mol. The first-order chi connectivity index (χ1) is 11.2. The van der Waals surface area contributed by atoms with E-state index in [0.717, 1.165) is 0 Å². The number of alkyl halides is 3. The first-order valence-electron chi connectivity index (χ1n) is 7.70. The highest BCUT2D eigenvalue weighted by Gasteiger charge is 2.43. The SMILES string of the molecule is Cc1cc(C)c(C(=O)NCC(N2CCNCC2)C(F)(F)F)c(=O)[nH]1. The van der Waals surface area contributed by atoms with Gasteiger partial charge in [0.25, 0.3) is 11.5 Å². The fraction of sp³-hybridized carbons (Fsp3) is 0.600. The summed E-state index contributed by atoms with van der Waals surface area (Å²) in [5, 5.41) is 5.25. The number of carbonyl (C=O) groups is 1. The number of aromatic amines is 1. The molecule has 1 amide bonds. The van der Waals surface area contributed by atoms with E-state index in [2.05, 4.69) is 15.6 Å². The third-order valence-electron chi connectivity index (χ3n) is 4.02. The zero-order valence-electron chi connectivity index (χ0n) is 13.6. The van der Waals surface area contributed by atoms with Gasteiger partial charge in [-0.05, 0) is 25.5 Å². The van der Waals surface area contributed by atoms with Gasteiger partial charge in [-0.1, -0.05) is 0 Å². The Labute approximate surface area is 137 Å². The number of rotatable bonds is 4. The van der Waals surface area contributed by atoms with Crippen LogP contribution in [0.1, 0.15) is 21.6 Å². The van der Waals surface area contributed by atoms with E-state index in [1.807, 2.05) is 0 Å². The number of halogens is 3.